The summed E-state index contributed by atoms with van der Waals surface area (Å²) in [5, 5.41) is 11.8. The minimum Gasteiger partial charge on any atom is -0.490 e. The molecule has 24 heavy (non-hydrogen) atoms. The molecule has 1 atom stereocenters. The van der Waals surface area contributed by atoms with Gasteiger partial charge < -0.3 is 19.9 Å². The van der Waals surface area contributed by atoms with Crippen molar-refractivity contribution in [2.45, 2.75) is 52.5 Å². The van der Waals surface area contributed by atoms with Crippen LogP contribution in [0.25, 0.3) is 0 Å². The molecule has 1 amide bonds. The van der Waals surface area contributed by atoms with Crippen LogP contribution in [0.1, 0.15) is 57.3 Å². The van der Waals surface area contributed by atoms with Crippen molar-refractivity contribution in [3.05, 3.63) is 23.8 Å². The largest absolute Gasteiger partial charge is 0.490 e. The van der Waals surface area contributed by atoms with Gasteiger partial charge in [0, 0.05) is 5.56 Å². The monoisotopic (exact) mass is 337 g/mol. The first kappa shape index (κ1) is 19.8. The third-order valence-electron chi connectivity index (χ3n) is 3.83. The second-order valence-electron chi connectivity index (χ2n) is 5.74. The molecule has 0 radical (unpaired) electrons. The third kappa shape index (κ3) is 5.15. The number of benzene rings is 1. The Hall–Kier alpha value is -2.24. The van der Waals surface area contributed by atoms with Gasteiger partial charge in [0.15, 0.2) is 11.5 Å². The summed E-state index contributed by atoms with van der Waals surface area (Å²) in [6.45, 7) is 8.14. The van der Waals surface area contributed by atoms with E-state index in [2.05, 4.69) is 12.2 Å². The van der Waals surface area contributed by atoms with Crippen molar-refractivity contribution in [3.63, 3.8) is 0 Å². The van der Waals surface area contributed by atoms with Crippen molar-refractivity contribution in [2.24, 2.45) is 0 Å². The SMILES string of the molecule is CCCCOc1ccc(C(=O)NC(C)(CC)C(=O)O)cc1OCC. The number of rotatable bonds is 10. The molecule has 0 aliphatic heterocycles. The van der Waals surface area contributed by atoms with Crippen molar-refractivity contribution in [1.82, 2.24) is 5.32 Å². The summed E-state index contributed by atoms with van der Waals surface area (Å²) in [7, 11) is 0. The van der Waals surface area contributed by atoms with Crippen molar-refractivity contribution in [3.8, 4) is 11.5 Å². The fourth-order valence-corrected chi connectivity index (χ4v) is 1.98. The van der Waals surface area contributed by atoms with Crippen molar-refractivity contribution < 1.29 is 24.2 Å². The van der Waals surface area contributed by atoms with Gasteiger partial charge in [0.2, 0.25) is 0 Å². The van der Waals surface area contributed by atoms with Gasteiger partial charge in [0.25, 0.3) is 5.91 Å². The van der Waals surface area contributed by atoms with E-state index < -0.39 is 17.4 Å². The lowest BCUT2D eigenvalue weighted by Crippen LogP contribution is -2.51. The number of hydrogen-bond donors (Lipinski definition) is 2. The highest BCUT2D eigenvalue weighted by atomic mass is 16.5. The Morgan fingerprint density at radius 2 is 1.88 bits per heavy atom. The minimum atomic E-state index is -1.31. The number of carboxylic acid groups (broad SMARTS) is 1. The van der Waals surface area contributed by atoms with Crippen molar-refractivity contribution in [2.75, 3.05) is 13.2 Å². The molecule has 6 heteroatoms. The average molecular weight is 337 g/mol. The lowest BCUT2D eigenvalue weighted by molar-refractivity contribution is -0.143. The molecule has 0 saturated heterocycles. The van der Waals surface area contributed by atoms with Crippen LogP contribution in [0, 0.1) is 0 Å². The second kappa shape index (κ2) is 9.15. The number of hydrogen-bond acceptors (Lipinski definition) is 4. The topological polar surface area (TPSA) is 84.9 Å². The quantitative estimate of drug-likeness (QED) is 0.640. The van der Waals surface area contributed by atoms with E-state index in [4.69, 9.17) is 9.47 Å². The summed E-state index contributed by atoms with van der Waals surface area (Å²) in [5.41, 5.74) is -0.971. The molecule has 2 N–H and O–H groups in total. The number of carbonyl (C=O) groups excluding carboxylic acids is 1. The Bertz CT molecular complexity index is 573. The summed E-state index contributed by atoms with van der Waals surface area (Å²) in [6.07, 6.45) is 2.24. The molecule has 0 aromatic heterocycles. The molecule has 0 spiro atoms. The van der Waals surface area contributed by atoms with Gasteiger partial charge in [0.1, 0.15) is 5.54 Å². The maximum absolute atomic E-state index is 12.4. The van der Waals surface area contributed by atoms with Crippen LogP contribution in [0.5, 0.6) is 11.5 Å². The maximum atomic E-state index is 12.4. The number of unbranched alkanes of at least 4 members (excludes halogenated alkanes) is 1. The third-order valence-corrected chi connectivity index (χ3v) is 3.83. The highest BCUT2D eigenvalue weighted by molar-refractivity contribution is 5.98. The molecule has 1 rings (SSSR count). The van der Waals surface area contributed by atoms with Gasteiger partial charge in [-0.1, -0.05) is 20.3 Å². The first-order valence-corrected chi connectivity index (χ1v) is 8.33. The van der Waals surface area contributed by atoms with Crippen LogP contribution in [0.15, 0.2) is 18.2 Å². The van der Waals surface area contributed by atoms with E-state index in [1.54, 1.807) is 25.1 Å². The van der Waals surface area contributed by atoms with E-state index in [9.17, 15) is 14.7 Å². The van der Waals surface area contributed by atoms with Gasteiger partial charge in [-0.15, -0.1) is 0 Å². The van der Waals surface area contributed by atoms with Gasteiger partial charge in [-0.05, 0) is 44.9 Å². The Balaban J connectivity index is 2.97. The summed E-state index contributed by atoms with van der Waals surface area (Å²) in [5.74, 6) is -0.459. The summed E-state index contributed by atoms with van der Waals surface area (Å²) >= 11 is 0. The lowest BCUT2D eigenvalue weighted by atomic mass is 9.98. The van der Waals surface area contributed by atoms with Crippen LogP contribution >= 0.6 is 0 Å². The number of nitrogens with one attached hydrogen (secondary N) is 1. The van der Waals surface area contributed by atoms with Gasteiger partial charge in [0.05, 0.1) is 13.2 Å². The highest BCUT2D eigenvalue weighted by Crippen LogP contribution is 2.29. The first-order chi connectivity index (χ1) is 11.4. The molecule has 0 aliphatic carbocycles. The predicted molar refractivity (Wildman–Crippen MR) is 91.8 cm³/mol. The van der Waals surface area contributed by atoms with E-state index in [0.29, 0.717) is 30.3 Å². The Morgan fingerprint density at radius 1 is 1.17 bits per heavy atom. The second-order valence-corrected chi connectivity index (χ2v) is 5.74. The van der Waals surface area contributed by atoms with Crippen molar-refractivity contribution >= 4 is 11.9 Å². The smallest absolute Gasteiger partial charge is 0.329 e. The molecular formula is C18H27NO5. The van der Waals surface area contributed by atoms with Crippen LogP contribution in [0.2, 0.25) is 0 Å². The molecular weight excluding hydrogens is 310 g/mol. The molecule has 0 saturated carbocycles. The fourth-order valence-electron chi connectivity index (χ4n) is 1.98. The predicted octanol–water partition coefficient (Wildman–Crippen LogP) is 3.25. The molecule has 0 bridgehead atoms. The van der Waals surface area contributed by atoms with E-state index in [0.717, 1.165) is 12.8 Å². The highest BCUT2D eigenvalue weighted by Gasteiger charge is 2.33. The number of amides is 1. The number of carbonyl (C=O) groups is 2. The summed E-state index contributed by atoms with van der Waals surface area (Å²) < 4.78 is 11.2. The van der Waals surface area contributed by atoms with Gasteiger partial charge in [-0.3, -0.25) is 4.79 Å². The Kier molecular flexibility index (Phi) is 7.55. The fraction of sp³-hybridized carbons (Fsp3) is 0.556. The Labute approximate surface area is 143 Å². The first-order valence-electron chi connectivity index (χ1n) is 8.33. The standard InChI is InChI=1S/C18H27NO5/c1-5-8-11-24-14-10-9-13(12-15(14)23-7-3)16(20)19-18(4,6-2)17(21)22/h9-10,12H,5-8,11H2,1-4H3,(H,19,20)(H,21,22). The molecule has 1 aromatic carbocycles. The van der Waals surface area contributed by atoms with Crippen LogP contribution in [-0.4, -0.2) is 35.7 Å². The molecule has 0 heterocycles. The minimum absolute atomic E-state index is 0.282. The van der Waals surface area contributed by atoms with E-state index in [1.807, 2.05) is 6.92 Å². The summed E-state index contributed by atoms with van der Waals surface area (Å²) in [4.78, 5) is 23.7. The van der Waals surface area contributed by atoms with Crippen LogP contribution in [0.4, 0.5) is 0 Å². The van der Waals surface area contributed by atoms with Gasteiger partial charge in [-0.25, -0.2) is 4.79 Å². The van der Waals surface area contributed by atoms with E-state index in [1.165, 1.54) is 6.92 Å². The number of aliphatic carboxylic acids is 1. The molecule has 0 aliphatic rings. The van der Waals surface area contributed by atoms with Gasteiger partial charge in [-0.2, -0.15) is 0 Å². The molecule has 1 unspecified atom stereocenters. The zero-order valence-electron chi connectivity index (χ0n) is 14.8. The number of ether oxygens (including phenoxy) is 2. The zero-order valence-corrected chi connectivity index (χ0v) is 14.8. The molecule has 0 fully saturated rings. The summed E-state index contributed by atoms with van der Waals surface area (Å²) in [6, 6.07) is 4.87. The van der Waals surface area contributed by atoms with Crippen LogP contribution in [-0.2, 0) is 4.79 Å². The Morgan fingerprint density at radius 3 is 2.42 bits per heavy atom. The number of carboxylic acids is 1. The molecule has 6 nitrogen and oxygen atoms in total. The zero-order chi connectivity index (χ0) is 18.2. The maximum Gasteiger partial charge on any atom is 0.329 e. The lowest BCUT2D eigenvalue weighted by Gasteiger charge is -2.24. The van der Waals surface area contributed by atoms with Gasteiger partial charge >= 0.3 is 5.97 Å². The normalized spacial score (nSPS) is 13.0. The average Bonchev–Trinajstić information content (AvgIpc) is 2.56. The molecule has 1 aromatic rings. The van der Waals surface area contributed by atoms with Crippen LogP contribution in [0.3, 0.4) is 0 Å². The van der Waals surface area contributed by atoms with E-state index in [-0.39, 0.29) is 6.42 Å². The van der Waals surface area contributed by atoms with E-state index >= 15 is 0 Å². The molecule has 134 valence electrons. The van der Waals surface area contributed by atoms with Crippen LogP contribution < -0.4 is 14.8 Å². The van der Waals surface area contributed by atoms with Crippen molar-refractivity contribution in [1.29, 1.82) is 0 Å².